The van der Waals surface area contributed by atoms with E-state index in [9.17, 15) is 42.3 Å². The maximum absolute atomic E-state index is 13.9. The van der Waals surface area contributed by atoms with Crippen molar-refractivity contribution in [1.82, 2.24) is 10.2 Å². The molecule has 4 fully saturated rings. The van der Waals surface area contributed by atoms with E-state index in [-0.39, 0.29) is 0 Å². The van der Waals surface area contributed by atoms with E-state index in [0.717, 1.165) is 16.7 Å². The average Bonchev–Trinajstić information content (AvgIpc) is 3.32. The van der Waals surface area contributed by atoms with Gasteiger partial charge in [-0.2, -0.15) is 4.48 Å². The molecule has 4 aliphatic rings. The van der Waals surface area contributed by atoms with Gasteiger partial charge < -0.3 is 36.3 Å². The second kappa shape index (κ2) is 11.0. The predicted molar refractivity (Wildman–Crippen MR) is 159 cm³/mol. The van der Waals surface area contributed by atoms with Crippen molar-refractivity contribution in [2.75, 3.05) is 19.9 Å². The lowest BCUT2D eigenvalue weighted by Crippen LogP contribution is -2.82. The highest BCUT2D eigenvalue weighted by atomic mass is 32.2. The van der Waals surface area contributed by atoms with Gasteiger partial charge in [0, 0.05) is 4.75 Å². The molecule has 6 N–H and O–H groups in total. The molecule has 4 heterocycles. The summed E-state index contributed by atoms with van der Waals surface area (Å²) in [7, 11) is -4.17. The van der Waals surface area contributed by atoms with Crippen LogP contribution in [0.2, 0.25) is 0 Å². The minimum Gasteiger partial charge on any atom is -0.480 e. The number of fused-ring (bicyclic) bond motifs is 2. The van der Waals surface area contributed by atoms with E-state index in [0.29, 0.717) is 5.56 Å². The number of carboxylic acids is 1. The number of rotatable bonds is 10. The standard InChI is InChI=1S/C28H35N5O11S2/c1-26(2)19(22(37)38)32-24(40)28(25(32)45-26,31-21(36)18(30)14-8-6-5-7-9-14)12-43-23(39)20-27(3,4)46(41,42)16-10-15(34)33(16,20)13-44-17(35)11-29/h5-9,16,18-20,25H,10-13,29-30H2,1-4H3,(H-,31,36,37,38)/p+1/t16-,18?,19+,20+,25-,28?,33?/m1/s1. The molecule has 5 rings (SSSR count). The number of carbonyl (C=O) groups excluding carboxylic acids is 5. The lowest BCUT2D eigenvalue weighted by molar-refractivity contribution is -0.918. The van der Waals surface area contributed by atoms with E-state index in [1.807, 2.05) is 0 Å². The smallest absolute Gasteiger partial charge is 0.367 e. The van der Waals surface area contributed by atoms with Crippen LogP contribution in [0.25, 0.3) is 0 Å². The fourth-order valence-electron chi connectivity index (χ4n) is 6.98. The number of hydrogen-bond donors (Lipinski definition) is 4. The second-order valence-corrected chi connectivity index (χ2v) is 17.3. The van der Waals surface area contributed by atoms with Crippen LogP contribution in [0, 0.1) is 0 Å². The quantitative estimate of drug-likeness (QED) is 0.123. The molecule has 0 aromatic heterocycles. The molecule has 1 aromatic rings. The lowest BCUT2D eigenvalue weighted by Gasteiger charge is -2.53. The van der Waals surface area contributed by atoms with Gasteiger partial charge in [-0.3, -0.25) is 14.4 Å². The number of benzene rings is 1. The van der Waals surface area contributed by atoms with Crippen LogP contribution in [0.4, 0.5) is 0 Å². The molecule has 7 atom stereocenters. The van der Waals surface area contributed by atoms with Crippen molar-refractivity contribution >= 4 is 57.2 Å². The molecule has 3 amide bonds. The molecule has 1 aromatic carbocycles. The number of esters is 2. The SMILES string of the molecule is CC1(C)S[C@H]2N(C(=O)C2(COC(=O)[C@H]2C(C)(C)S(=O)(=O)[C@@H]3CC(=O)[N+]32COC(=O)CN)NC(=O)C(N)c2ccccc2)[C@H]1C(=O)O. The van der Waals surface area contributed by atoms with E-state index < -0.39 is 120 Å². The van der Waals surface area contributed by atoms with Crippen LogP contribution in [0.3, 0.4) is 0 Å². The first-order chi connectivity index (χ1) is 21.3. The number of nitrogens with one attached hydrogen (secondary N) is 1. The largest absolute Gasteiger partial charge is 0.480 e. The number of sulfone groups is 1. The normalized spacial score (nSPS) is 33.5. The van der Waals surface area contributed by atoms with E-state index in [4.69, 9.17) is 20.9 Å². The van der Waals surface area contributed by atoms with Gasteiger partial charge >= 0.3 is 23.8 Å². The molecule has 3 unspecified atom stereocenters. The number of aliphatic carboxylic acids is 1. The zero-order valence-electron chi connectivity index (χ0n) is 25.5. The van der Waals surface area contributed by atoms with Gasteiger partial charge in [0.15, 0.2) is 5.54 Å². The highest BCUT2D eigenvalue weighted by molar-refractivity contribution is 8.01. The molecule has 46 heavy (non-hydrogen) atoms. The summed E-state index contributed by atoms with van der Waals surface area (Å²) in [6, 6.07) is 4.00. The molecule has 0 aliphatic carbocycles. The topological polar surface area (TPSA) is 243 Å². The lowest BCUT2D eigenvalue weighted by atomic mass is 9.84. The van der Waals surface area contributed by atoms with Crippen LogP contribution in [0.15, 0.2) is 30.3 Å². The van der Waals surface area contributed by atoms with Crippen LogP contribution < -0.4 is 16.8 Å². The zero-order chi connectivity index (χ0) is 34.2. The van der Waals surface area contributed by atoms with Crippen molar-refractivity contribution < 1.29 is 56.2 Å². The Labute approximate surface area is 268 Å². The number of ether oxygens (including phenoxy) is 2. The van der Waals surface area contributed by atoms with Gasteiger partial charge in [0.05, 0.1) is 6.54 Å². The zero-order valence-corrected chi connectivity index (χ0v) is 27.1. The summed E-state index contributed by atoms with van der Waals surface area (Å²) < 4.78 is 33.8. The van der Waals surface area contributed by atoms with E-state index in [2.05, 4.69) is 5.32 Å². The Morgan fingerprint density at radius 1 is 1.13 bits per heavy atom. The van der Waals surface area contributed by atoms with Crippen molar-refractivity contribution in [2.45, 2.75) is 78.0 Å². The molecular formula is C28H36N5O11S2+. The average molecular weight is 683 g/mol. The highest BCUT2D eigenvalue weighted by Crippen LogP contribution is 2.56. The first-order valence-corrected chi connectivity index (χ1v) is 16.8. The number of hydrogen-bond acceptors (Lipinski definition) is 13. The fourth-order valence-corrected chi connectivity index (χ4v) is 11.1. The summed E-state index contributed by atoms with van der Waals surface area (Å²) in [5, 5.41) is 10.1. The highest BCUT2D eigenvalue weighted by Gasteiger charge is 2.81. The monoisotopic (exact) mass is 682 g/mol. The number of amides is 3. The van der Waals surface area contributed by atoms with Crippen LogP contribution >= 0.6 is 11.8 Å². The Balaban J connectivity index is 1.49. The third-order valence-electron chi connectivity index (χ3n) is 9.47. The van der Waals surface area contributed by atoms with Gasteiger partial charge in [-0.05, 0) is 33.3 Å². The maximum Gasteiger partial charge on any atom is 0.367 e. The minimum atomic E-state index is -4.17. The molecular weight excluding hydrogens is 646 g/mol. The Bertz CT molecular complexity index is 1630. The summed E-state index contributed by atoms with van der Waals surface area (Å²) in [6.45, 7) is 3.58. The van der Waals surface area contributed by atoms with Gasteiger partial charge in [0.1, 0.15) is 35.2 Å². The number of thioether (sulfide) groups is 1. The van der Waals surface area contributed by atoms with Gasteiger partial charge in [0.25, 0.3) is 5.91 Å². The van der Waals surface area contributed by atoms with Crippen LogP contribution in [-0.4, -0.2) is 116 Å². The molecule has 0 bridgehead atoms. The Kier molecular flexibility index (Phi) is 8.08. The summed E-state index contributed by atoms with van der Waals surface area (Å²) in [5.74, 6) is -5.73. The molecule has 0 spiro atoms. The molecule has 16 nitrogen and oxygen atoms in total. The molecule has 250 valence electrons. The molecule has 0 radical (unpaired) electrons. The number of β-lactam (4-membered cyclic amide) rings is 2. The summed E-state index contributed by atoms with van der Waals surface area (Å²) in [4.78, 5) is 79.6. The van der Waals surface area contributed by atoms with Crippen LogP contribution in [0.5, 0.6) is 0 Å². The number of nitrogens with zero attached hydrogens (tertiary/aromatic N) is 2. The van der Waals surface area contributed by atoms with Gasteiger partial charge in [-0.25, -0.2) is 22.8 Å². The van der Waals surface area contributed by atoms with Crippen molar-refractivity contribution in [3.63, 3.8) is 0 Å². The predicted octanol–water partition coefficient (Wildman–Crippen LogP) is -1.66. The number of carbonyl (C=O) groups is 6. The molecule has 4 saturated heterocycles. The molecule has 4 aliphatic heterocycles. The van der Waals surface area contributed by atoms with Crippen molar-refractivity contribution in [3.05, 3.63) is 35.9 Å². The van der Waals surface area contributed by atoms with E-state index in [1.54, 1.807) is 44.2 Å². The first-order valence-electron chi connectivity index (χ1n) is 14.3. The fraction of sp³-hybridized carbons (Fsp3) is 0.571. The summed E-state index contributed by atoms with van der Waals surface area (Å²) in [5.41, 5.74) is 9.94. The number of carboxylic acid groups (broad SMARTS) is 1. The summed E-state index contributed by atoms with van der Waals surface area (Å²) >= 11 is 1.08. The van der Waals surface area contributed by atoms with Crippen LogP contribution in [0.1, 0.15) is 45.7 Å². The number of quaternary nitrogens is 1. The Morgan fingerprint density at radius 2 is 1.76 bits per heavy atom. The Morgan fingerprint density at radius 3 is 2.33 bits per heavy atom. The third-order valence-corrected chi connectivity index (χ3v) is 14.1. The van der Waals surface area contributed by atoms with Gasteiger partial charge in [-0.15, -0.1) is 11.8 Å². The van der Waals surface area contributed by atoms with E-state index >= 15 is 0 Å². The Hall–Kier alpha value is -3.58. The van der Waals surface area contributed by atoms with Gasteiger partial charge in [-0.1, -0.05) is 30.3 Å². The van der Waals surface area contributed by atoms with Gasteiger partial charge in [0.2, 0.25) is 33.9 Å². The summed E-state index contributed by atoms with van der Waals surface area (Å²) in [6.07, 6.45) is -0.412. The van der Waals surface area contributed by atoms with E-state index in [1.165, 1.54) is 13.8 Å². The van der Waals surface area contributed by atoms with Crippen molar-refractivity contribution in [1.29, 1.82) is 0 Å². The van der Waals surface area contributed by atoms with Crippen LogP contribution in [-0.2, 0) is 48.1 Å². The molecule has 0 saturated carbocycles. The first kappa shape index (κ1) is 33.8. The minimum absolute atomic E-state index is 0.412. The second-order valence-electron chi connectivity index (χ2n) is 12.9. The molecule has 18 heteroatoms. The number of nitrogens with two attached hydrogens (primary N) is 2. The maximum atomic E-state index is 13.9. The van der Waals surface area contributed by atoms with Crippen molar-refractivity contribution in [2.24, 2.45) is 11.5 Å². The van der Waals surface area contributed by atoms with Crippen molar-refractivity contribution in [3.8, 4) is 0 Å². The third kappa shape index (κ3) is 4.56.